The van der Waals surface area contributed by atoms with E-state index in [1.54, 1.807) is 12.4 Å². The van der Waals surface area contributed by atoms with Crippen molar-refractivity contribution in [1.29, 1.82) is 0 Å². The van der Waals surface area contributed by atoms with Crippen LogP contribution in [0.4, 0.5) is 5.13 Å². The van der Waals surface area contributed by atoms with Crippen molar-refractivity contribution < 1.29 is 9.53 Å². The number of hydrogen-bond acceptors (Lipinski definition) is 5. The molecule has 2 heterocycles. The summed E-state index contributed by atoms with van der Waals surface area (Å²) in [5.41, 5.74) is 1.57. The van der Waals surface area contributed by atoms with E-state index in [2.05, 4.69) is 15.6 Å². The molecule has 1 aliphatic heterocycles. The molecule has 0 saturated heterocycles. The van der Waals surface area contributed by atoms with E-state index in [1.807, 2.05) is 24.3 Å². The number of ether oxygens (including phenoxy) is 1. The third-order valence-corrected chi connectivity index (χ3v) is 4.02. The number of thiazole rings is 1. The highest BCUT2D eigenvalue weighted by Gasteiger charge is 2.22. The van der Waals surface area contributed by atoms with Crippen molar-refractivity contribution in [2.75, 3.05) is 19.0 Å². The highest BCUT2D eigenvalue weighted by atomic mass is 32.1. The average Bonchev–Trinajstić information content (AvgIpc) is 2.96. The number of fused-ring (bicyclic) bond motifs is 1. The summed E-state index contributed by atoms with van der Waals surface area (Å²) in [6, 6.07) is 7.89. The monoisotopic (exact) mass is 289 g/mol. The smallest absolute Gasteiger partial charge is 0.271 e. The van der Waals surface area contributed by atoms with Crippen molar-refractivity contribution >= 4 is 22.4 Å². The third kappa shape index (κ3) is 2.60. The first-order chi connectivity index (χ1) is 9.76. The molecule has 104 valence electrons. The van der Waals surface area contributed by atoms with Crippen LogP contribution in [0.2, 0.25) is 0 Å². The van der Waals surface area contributed by atoms with Gasteiger partial charge in [0.1, 0.15) is 18.1 Å². The number of carbonyl (C=O) groups excluding carboxylic acids is 1. The van der Waals surface area contributed by atoms with Gasteiger partial charge < -0.3 is 15.4 Å². The number of nitrogens with zero attached hydrogens (tertiary/aromatic N) is 1. The van der Waals surface area contributed by atoms with Gasteiger partial charge in [-0.1, -0.05) is 18.2 Å². The minimum atomic E-state index is -0.157. The molecule has 2 aromatic rings. The molecule has 0 radical (unpaired) electrons. The Balaban J connectivity index is 1.66. The number of anilines is 1. The Labute approximate surface area is 121 Å². The van der Waals surface area contributed by atoms with E-state index in [1.165, 1.54) is 11.3 Å². The van der Waals surface area contributed by atoms with Crippen molar-refractivity contribution in [2.45, 2.75) is 12.5 Å². The molecule has 2 N–H and O–H groups in total. The first kappa shape index (κ1) is 12.9. The molecule has 0 saturated carbocycles. The fraction of sp³-hybridized carbons (Fsp3) is 0.286. The van der Waals surface area contributed by atoms with Crippen molar-refractivity contribution in [1.82, 2.24) is 10.3 Å². The number of nitrogens with one attached hydrogen (secondary N) is 2. The Morgan fingerprint density at radius 1 is 1.45 bits per heavy atom. The average molecular weight is 289 g/mol. The Kier molecular flexibility index (Phi) is 3.56. The van der Waals surface area contributed by atoms with Crippen LogP contribution in [-0.4, -0.2) is 30.6 Å². The van der Waals surface area contributed by atoms with E-state index in [4.69, 9.17) is 4.74 Å². The lowest BCUT2D eigenvalue weighted by molar-refractivity contribution is 0.0911. The van der Waals surface area contributed by atoms with Gasteiger partial charge in [-0.05, 0) is 18.1 Å². The summed E-state index contributed by atoms with van der Waals surface area (Å²) in [6.07, 6.45) is 0.783. The van der Waals surface area contributed by atoms with E-state index in [9.17, 15) is 4.79 Å². The highest BCUT2D eigenvalue weighted by Crippen LogP contribution is 2.24. The lowest BCUT2D eigenvalue weighted by Crippen LogP contribution is -2.42. The maximum atomic E-state index is 12.1. The van der Waals surface area contributed by atoms with E-state index >= 15 is 0 Å². The first-order valence-electron chi connectivity index (χ1n) is 6.41. The molecule has 1 aliphatic rings. The van der Waals surface area contributed by atoms with Gasteiger partial charge in [0.15, 0.2) is 5.13 Å². The zero-order valence-electron chi connectivity index (χ0n) is 11.1. The quantitative estimate of drug-likeness (QED) is 0.906. The SMILES string of the molecule is CNc1nc(C(=O)N[C@@H]2COc3ccccc3C2)cs1. The molecule has 20 heavy (non-hydrogen) atoms. The van der Waals surface area contributed by atoms with Crippen LogP contribution >= 0.6 is 11.3 Å². The van der Waals surface area contributed by atoms with Crippen LogP contribution in [0, 0.1) is 0 Å². The van der Waals surface area contributed by atoms with Gasteiger partial charge in [0, 0.05) is 12.4 Å². The Morgan fingerprint density at radius 3 is 3.10 bits per heavy atom. The van der Waals surface area contributed by atoms with Crippen molar-refractivity contribution in [3.63, 3.8) is 0 Å². The minimum Gasteiger partial charge on any atom is -0.491 e. The molecule has 1 amide bonds. The number of para-hydroxylation sites is 1. The number of rotatable bonds is 3. The summed E-state index contributed by atoms with van der Waals surface area (Å²) in [5.74, 6) is 0.750. The molecule has 0 unspecified atom stereocenters. The molecule has 1 aromatic heterocycles. The molecule has 6 heteroatoms. The molecular formula is C14H15N3O2S. The number of benzene rings is 1. The zero-order chi connectivity index (χ0) is 13.9. The normalized spacial score (nSPS) is 16.9. The second-order valence-electron chi connectivity index (χ2n) is 4.58. The lowest BCUT2D eigenvalue weighted by atomic mass is 10.0. The Bertz CT molecular complexity index is 626. The maximum absolute atomic E-state index is 12.1. The minimum absolute atomic E-state index is 0.0165. The Morgan fingerprint density at radius 2 is 2.30 bits per heavy atom. The molecule has 3 rings (SSSR count). The van der Waals surface area contributed by atoms with Crippen LogP contribution in [0.5, 0.6) is 5.75 Å². The van der Waals surface area contributed by atoms with Gasteiger partial charge in [0.2, 0.25) is 0 Å². The summed E-state index contributed by atoms with van der Waals surface area (Å²) < 4.78 is 5.65. The van der Waals surface area contributed by atoms with Crippen LogP contribution in [0.15, 0.2) is 29.6 Å². The highest BCUT2D eigenvalue weighted by molar-refractivity contribution is 7.13. The third-order valence-electron chi connectivity index (χ3n) is 3.16. The maximum Gasteiger partial charge on any atom is 0.271 e. The fourth-order valence-corrected chi connectivity index (χ4v) is 2.82. The summed E-state index contributed by atoms with van der Waals surface area (Å²) in [5, 5.41) is 8.37. The van der Waals surface area contributed by atoms with Gasteiger partial charge in [0.25, 0.3) is 5.91 Å². The van der Waals surface area contributed by atoms with Crippen LogP contribution in [0.3, 0.4) is 0 Å². The van der Waals surface area contributed by atoms with Crippen LogP contribution < -0.4 is 15.4 Å². The van der Waals surface area contributed by atoms with Gasteiger partial charge in [0.05, 0.1) is 6.04 Å². The second kappa shape index (κ2) is 5.50. The second-order valence-corrected chi connectivity index (χ2v) is 5.44. The van der Waals surface area contributed by atoms with Crippen molar-refractivity contribution in [3.8, 4) is 5.75 Å². The summed E-state index contributed by atoms with van der Waals surface area (Å²) in [6.45, 7) is 0.492. The number of carbonyl (C=O) groups is 1. The predicted molar refractivity (Wildman–Crippen MR) is 78.6 cm³/mol. The molecule has 0 aliphatic carbocycles. The number of aromatic nitrogens is 1. The topological polar surface area (TPSA) is 63.2 Å². The zero-order valence-corrected chi connectivity index (χ0v) is 11.9. The van der Waals surface area contributed by atoms with Crippen LogP contribution in [-0.2, 0) is 6.42 Å². The fourth-order valence-electron chi connectivity index (χ4n) is 2.17. The van der Waals surface area contributed by atoms with Gasteiger partial charge >= 0.3 is 0 Å². The van der Waals surface area contributed by atoms with E-state index < -0.39 is 0 Å². The standard InChI is InChI=1S/C14H15N3O2S/c1-15-14-17-11(8-20-14)13(18)16-10-6-9-4-2-3-5-12(9)19-7-10/h2-5,8,10H,6-7H2,1H3,(H,15,17)(H,16,18)/t10-/m0/s1. The molecule has 1 atom stereocenters. The molecule has 0 bridgehead atoms. The van der Waals surface area contributed by atoms with E-state index in [0.29, 0.717) is 12.3 Å². The number of amides is 1. The Hall–Kier alpha value is -2.08. The van der Waals surface area contributed by atoms with Crippen molar-refractivity contribution in [2.24, 2.45) is 0 Å². The summed E-state index contributed by atoms with van der Waals surface area (Å²) in [7, 11) is 1.78. The molecule has 1 aromatic carbocycles. The van der Waals surface area contributed by atoms with Crippen molar-refractivity contribution in [3.05, 3.63) is 40.9 Å². The molecule has 0 spiro atoms. The predicted octanol–water partition coefficient (Wildman–Crippen LogP) is 1.92. The largest absolute Gasteiger partial charge is 0.491 e. The van der Waals surface area contributed by atoms with E-state index in [-0.39, 0.29) is 11.9 Å². The lowest BCUT2D eigenvalue weighted by Gasteiger charge is -2.25. The van der Waals surface area contributed by atoms with Crippen LogP contribution in [0.25, 0.3) is 0 Å². The molecular weight excluding hydrogens is 274 g/mol. The first-order valence-corrected chi connectivity index (χ1v) is 7.29. The van der Waals surface area contributed by atoms with Gasteiger partial charge in [-0.15, -0.1) is 11.3 Å². The van der Waals surface area contributed by atoms with Crippen LogP contribution in [0.1, 0.15) is 16.1 Å². The van der Waals surface area contributed by atoms with Gasteiger partial charge in [-0.25, -0.2) is 4.98 Å². The van der Waals surface area contributed by atoms with E-state index in [0.717, 1.165) is 22.9 Å². The summed E-state index contributed by atoms with van der Waals surface area (Å²) >= 11 is 1.41. The summed E-state index contributed by atoms with van der Waals surface area (Å²) in [4.78, 5) is 16.3. The molecule has 0 fully saturated rings. The number of hydrogen-bond donors (Lipinski definition) is 2. The molecule has 5 nitrogen and oxygen atoms in total. The van der Waals surface area contributed by atoms with Gasteiger partial charge in [-0.2, -0.15) is 0 Å². The van der Waals surface area contributed by atoms with Gasteiger partial charge in [-0.3, -0.25) is 4.79 Å².